The lowest BCUT2D eigenvalue weighted by Crippen LogP contribution is -2.31. The van der Waals surface area contributed by atoms with E-state index in [-0.39, 0.29) is 28.9 Å². The standard InChI is InChI=1S/C12H15N3O4S.ClH/c1-14-10-3-2-9(6-11(10)19-12(14)16)20(17,18)15-5-4-8(13)7-15;/h2-3,6,8H,4-5,7,13H2,1H3;1H/t8-;/m1./s1. The third-order valence-corrected chi connectivity index (χ3v) is 5.45. The summed E-state index contributed by atoms with van der Waals surface area (Å²) in [4.78, 5) is 11.5. The summed E-state index contributed by atoms with van der Waals surface area (Å²) in [5.74, 6) is -0.516. The number of sulfonamides is 1. The molecular weight excluding hydrogens is 318 g/mol. The molecule has 2 heterocycles. The second kappa shape index (κ2) is 5.45. The Labute approximate surface area is 127 Å². The van der Waals surface area contributed by atoms with Gasteiger partial charge in [-0.2, -0.15) is 4.31 Å². The lowest BCUT2D eigenvalue weighted by atomic mass is 10.3. The van der Waals surface area contributed by atoms with Gasteiger partial charge in [0.1, 0.15) is 0 Å². The normalized spacial score (nSPS) is 19.8. The molecule has 2 N–H and O–H groups in total. The number of halogens is 1. The van der Waals surface area contributed by atoms with Gasteiger partial charge in [-0.3, -0.25) is 4.57 Å². The molecule has 1 atom stereocenters. The summed E-state index contributed by atoms with van der Waals surface area (Å²) in [6.07, 6.45) is 0.655. The highest BCUT2D eigenvalue weighted by molar-refractivity contribution is 7.89. The number of benzene rings is 1. The van der Waals surface area contributed by atoms with Gasteiger partial charge in [0.15, 0.2) is 5.58 Å². The molecule has 9 heteroatoms. The maximum absolute atomic E-state index is 12.5. The zero-order valence-corrected chi connectivity index (χ0v) is 13.0. The molecule has 0 aliphatic carbocycles. The van der Waals surface area contributed by atoms with Gasteiger partial charge in [0.25, 0.3) is 0 Å². The second-order valence-electron chi connectivity index (χ2n) is 4.97. The zero-order chi connectivity index (χ0) is 14.5. The molecule has 3 rings (SSSR count). The Kier molecular flexibility index (Phi) is 4.16. The molecule has 21 heavy (non-hydrogen) atoms. The number of aromatic nitrogens is 1. The van der Waals surface area contributed by atoms with Crippen molar-refractivity contribution < 1.29 is 12.8 Å². The summed E-state index contributed by atoms with van der Waals surface area (Å²) in [6.45, 7) is 0.735. The zero-order valence-electron chi connectivity index (χ0n) is 11.4. The van der Waals surface area contributed by atoms with Crippen molar-refractivity contribution in [3.05, 3.63) is 28.7 Å². The highest BCUT2D eigenvalue weighted by Gasteiger charge is 2.31. The van der Waals surface area contributed by atoms with E-state index in [9.17, 15) is 13.2 Å². The molecule has 0 saturated carbocycles. The molecular formula is C12H16ClN3O4S. The summed E-state index contributed by atoms with van der Waals surface area (Å²) in [5, 5.41) is 0. The van der Waals surface area contributed by atoms with Crippen LogP contribution in [0.1, 0.15) is 6.42 Å². The molecule has 2 aromatic rings. The fourth-order valence-electron chi connectivity index (χ4n) is 2.40. The first-order valence-electron chi connectivity index (χ1n) is 6.25. The van der Waals surface area contributed by atoms with Crippen LogP contribution < -0.4 is 11.5 Å². The summed E-state index contributed by atoms with van der Waals surface area (Å²) >= 11 is 0. The molecule has 0 spiro atoms. The van der Waals surface area contributed by atoms with Crippen molar-refractivity contribution in [3.63, 3.8) is 0 Å². The lowest BCUT2D eigenvalue weighted by Gasteiger charge is -2.15. The number of aryl methyl sites for hydroxylation is 1. The lowest BCUT2D eigenvalue weighted by molar-refractivity contribution is 0.472. The largest absolute Gasteiger partial charge is 0.419 e. The third kappa shape index (κ3) is 2.59. The third-order valence-electron chi connectivity index (χ3n) is 3.59. The summed E-state index contributed by atoms with van der Waals surface area (Å²) in [7, 11) is -2.01. The molecule has 7 nitrogen and oxygen atoms in total. The van der Waals surface area contributed by atoms with Crippen LogP contribution in [0.3, 0.4) is 0 Å². The minimum atomic E-state index is -3.58. The Morgan fingerprint density at radius 2 is 2.10 bits per heavy atom. The molecule has 0 radical (unpaired) electrons. The van der Waals surface area contributed by atoms with Crippen LogP contribution >= 0.6 is 12.4 Å². The molecule has 1 aromatic heterocycles. The van der Waals surface area contributed by atoms with Crippen molar-refractivity contribution in [2.45, 2.75) is 17.4 Å². The average molecular weight is 334 g/mol. The van der Waals surface area contributed by atoms with E-state index >= 15 is 0 Å². The van der Waals surface area contributed by atoms with E-state index in [4.69, 9.17) is 10.2 Å². The molecule has 0 amide bonds. The van der Waals surface area contributed by atoms with Crippen molar-refractivity contribution in [2.24, 2.45) is 12.8 Å². The second-order valence-corrected chi connectivity index (χ2v) is 6.91. The minimum Gasteiger partial charge on any atom is -0.408 e. The summed E-state index contributed by atoms with van der Waals surface area (Å²) in [5.41, 5.74) is 6.57. The number of oxazole rings is 1. The molecule has 1 saturated heterocycles. The Balaban J connectivity index is 0.00000161. The van der Waals surface area contributed by atoms with Crippen molar-refractivity contribution in [1.29, 1.82) is 0 Å². The van der Waals surface area contributed by atoms with Gasteiger partial charge in [-0.05, 0) is 18.6 Å². The van der Waals surface area contributed by atoms with E-state index in [2.05, 4.69) is 0 Å². The summed E-state index contributed by atoms with van der Waals surface area (Å²) < 4.78 is 32.6. The smallest absolute Gasteiger partial charge is 0.408 e. The van der Waals surface area contributed by atoms with Crippen LogP contribution in [0.4, 0.5) is 0 Å². The van der Waals surface area contributed by atoms with Crippen LogP contribution in [0.5, 0.6) is 0 Å². The number of hydrogen-bond donors (Lipinski definition) is 1. The van der Waals surface area contributed by atoms with Gasteiger partial charge < -0.3 is 10.2 Å². The molecule has 1 fully saturated rings. The molecule has 1 aliphatic heterocycles. The van der Waals surface area contributed by atoms with Crippen LogP contribution in [0.2, 0.25) is 0 Å². The quantitative estimate of drug-likeness (QED) is 0.850. The van der Waals surface area contributed by atoms with Crippen LogP contribution in [0, 0.1) is 0 Å². The fourth-order valence-corrected chi connectivity index (χ4v) is 3.92. The van der Waals surface area contributed by atoms with E-state index in [0.717, 1.165) is 0 Å². The fraction of sp³-hybridized carbons (Fsp3) is 0.417. The SMILES string of the molecule is Cl.Cn1c(=O)oc2cc(S(=O)(=O)N3CC[C@@H](N)C3)ccc21. The van der Waals surface area contributed by atoms with Gasteiger partial charge in [-0.1, -0.05) is 0 Å². The van der Waals surface area contributed by atoms with Gasteiger partial charge in [0.05, 0.1) is 10.4 Å². The van der Waals surface area contributed by atoms with Crippen molar-refractivity contribution >= 4 is 33.5 Å². The van der Waals surface area contributed by atoms with E-state index in [1.54, 1.807) is 13.1 Å². The van der Waals surface area contributed by atoms with Gasteiger partial charge in [-0.25, -0.2) is 13.2 Å². The van der Waals surface area contributed by atoms with E-state index in [1.165, 1.54) is 21.0 Å². The number of rotatable bonds is 2. The van der Waals surface area contributed by atoms with Crippen molar-refractivity contribution in [3.8, 4) is 0 Å². The minimum absolute atomic E-state index is 0. The number of nitrogens with two attached hydrogens (primary N) is 1. The van der Waals surface area contributed by atoms with Crippen LogP contribution in [-0.2, 0) is 17.1 Å². The van der Waals surface area contributed by atoms with E-state index < -0.39 is 15.8 Å². The molecule has 116 valence electrons. The topological polar surface area (TPSA) is 98.5 Å². The highest BCUT2D eigenvalue weighted by atomic mass is 35.5. The molecule has 1 aliphatic rings. The molecule has 0 bridgehead atoms. The van der Waals surface area contributed by atoms with Gasteiger partial charge in [0, 0.05) is 32.2 Å². The van der Waals surface area contributed by atoms with Crippen LogP contribution in [0.25, 0.3) is 11.1 Å². The van der Waals surface area contributed by atoms with Gasteiger partial charge in [-0.15, -0.1) is 12.4 Å². The average Bonchev–Trinajstić information content (AvgIpc) is 2.95. The number of fused-ring (bicyclic) bond motifs is 1. The maximum atomic E-state index is 12.5. The first kappa shape index (κ1) is 16.0. The number of nitrogens with zero attached hydrogens (tertiary/aromatic N) is 2. The Morgan fingerprint density at radius 3 is 2.71 bits per heavy atom. The van der Waals surface area contributed by atoms with Crippen molar-refractivity contribution in [1.82, 2.24) is 8.87 Å². The van der Waals surface area contributed by atoms with E-state index in [0.29, 0.717) is 25.0 Å². The van der Waals surface area contributed by atoms with Crippen LogP contribution in [-0.4, -0.2) is 36.4 Å². The monoisotopic (exact) mass is 333 g/mol. The molecule has 1 aromatic carbocycles. The Hall–Kier alpha value is -1.35. The number of hydrogen-bond acceptors (Lipinski definition) is 5. The predicted molar refractivity (Wildman–Crippen MR) is 80.1 cm³/mol. The molecule has 0 unspecified atom stereocenters. The van der Waals surface area contributed by atoms with Gasteiger partial charge in [0.2, 0.25) is 10.0 Å². The van der Waals surface area contributed by atoms with E-state index in [1.807, 2.05) is 0 Å². The van der Waals surface area contributed by atoms with Crippen LogP contribution in [0.15, 0.2) is 32.3 Å². The Bertz CT molecular complexity index is 827. The highest BCUT2D eigenvalue weighted by Crippen LogP contribution is 2.23. The summed E-state index contributed by atoms with van der Waals surface area (Å²) in [6, 6.07) is 4.32. The first-order valence-corrected chi connectivity index (χ1v) is 7.69. The predicted octanol–water partition coefficient (Wildman–Crippen LogP) is 0.275. The van der Waals surface area contributed by atoms with Gasteiger partial charge >= 0.3 is 5.76 Å². The first-order chi connectivity index (χ1) is 9.39. The Morgan fingerprint density at radius 1 is 1.38 bits per heavy atom. The van der Waals surface area contributed by atoms with Crippen molar-refractivity contribution in [2.75, 3.05) is 13.1 Å². The maximum Gasteiger partial charge on any atom is 0.419 e.